The second-order valence-corrected chi connectivity index (χ2v) is 3.89. The van der Waals surface area contributed by atoms with Crippen molar-refractivity contribution in [3.8, 4) is 11.5 Å². The molecule has 92 valence electrons. The molecule has 0 amide bonds. The van der Waals surface area contributed by atoms with Crippen molar-refractivity contribution in [1.82, 2.24) is 0 Å². The highest BCUT2D eigenvalue weighted by atomic mass is 16.5. The SMILES string of the molecule is COc1cc(CC(C)N=[N+]=[N-])c(OC)cc1C. The molecule has 1 unspecified atom stereocenters. The van der Waals surface area contributed by atoms with Gasteiger partial charge in [-0.2, -0.15) is 0 Å². The van der Waals surface area contributed by atoms with Crippen molar-refractivity contribution >= 4 is 0 Å². The van der Waals surface area contributed by atoms with E-state index in [1.54, 1.807) is 14.2 Å². The van der Waals surface area contributed by atoms with E-state index in [1.807, 2.05) is 26.0 Å². The Morgan fingerprint density at radius 3 is 2.47 bits per heavy atom. The number of nitrogens with zero attached hydrogens (tertiary/aromatic N) is 3. The largest absolute Gasteiger partial charge is 0.496 e. The van der Waals surface area contributed by atoms with E-state index >= 15 is 0 Å². The summed E-state index contributed by atoms with van der Waals surface area (Å²) >= 11 is 0. The fourth-order valence-electron chi connectivity index (χ4n) is 1.72. The molecule has 0 fully saturated rings. The standard InChI is InChI=1S/C12H17N3O2/c1-8-5-12(17-4)10(7-11(8)16-3)6-9(2)14-15-13/h5,7,9H,6H2,1-4H3. The van der Waals surface area contributed by atoms with Crippen molar-refractivity contribution < 1.29 is 9.47 Å². The summed E-state index contributed by atoms with van der Waals surface area (Å²) in [4.78, 5) is 2.80. The summed E-state index contributed by atoms with van der Waals surface area (Å²) in [5.41, 5.74) is 10.4. The molecule has 17 heavy (non-hydrogen) atoms. The lowest BCUT2D eigenvalue weighted by Crippen LogP contribution is -2.04. The van der Waals surface area contributed by atoms with Crippen LogP contribution in [-0.4, -0.2) is 20.3 Å². The number of hydrogen-bond acceptors (Lipinski definition) is 3. The van der Waals surface area contributed by atoms with E-state index in [0.717, 1.165) is 22.6 Å². The van der Waals surface area contributed by atoms with Crippen LogP contribution < -0.4 is 9.47 Å². The van der Waals surface area contributed by atoms with Crippen LogP contribution in [0.15, 0.2) is 17.2 Å². The van der Waals surface area contributed by atoms with Crippen molar-refractivity contribution in [1.29, 1.82) is 0 Å². The number of hydrogen-bond donors (Lipinski definition) is 0. The Balaban J connectivity index is 3.07. The topological polar surface area (TPSA) is 67.2 Å². The predicted molar refractivity (Wildman–Crippen MR) is 66.6 cm³/mol. The first-order chi connectivity index (χ1) is 8.12. The number of azide groups is 1. The zero-order valence-corrected chi connectivity index (χ0v) is 10.6. The molecule has 1 rings (SSSR count). The van der Waals surface area contributed by atoms with E-state index < -0.39 is 0 Å². The van der Waals surface area contributed by atoms with Gasteiger partial charge in [0.25, 0.3) is 0 Å². The van der Waals surface area contributed by atoms with E-state index in [2.05, 4.69) is 10.0 Å². The Morgan fingerprint density at radius 2 is 1.94 bits per heavy atom. The predicted octanol–water partition coefficient (Wildman–Crippen LogP) is 3.25. The Morgan fingerprint density at radius 1 is 1.29 bits per heavy atom. The minimum atomic E-state index is -0.110. The molecule has 0 bridgehead atoms. The summed E-state index contributed by atoms with van der Waals surface area (Å²) in [5, 5.41) is 3.66. The average molecular weight is 235 g/mol. The molecular formula is C12H17N3O2. The van der Waals surface area contributed by atoms with Crippen molar-refractivity contribution in [2.45, 2.75) is 26.3 Å². The van der Waals surface area contributed by atoms with Gasteiger partial charge in [0.15, 0.2) is 0 Å². The number of ether oxygens (including phenoxy) is 2. The molecule has 1 atom stereocenters. The third-order valence-corrected chi connectivity index (χ3v) is 2.56. The third-order valence-electron chi connectivity index (χ3n) is 2.56. The monoisotopic (exact) mass is 235 g/mol. The molecule has 0 heterocycles. The van der Waals surface area contributed by atoms with Crippen LogP contribution in [0.4, 0.5) is 0 Å². The van der Waals surface area contributed by atoms with Gasteiger partial charge >= 0.3 is 0 Å². The summed E-state index contributed by atoms with van der Waals surface area (Å²) in [7, 11) is 3.26. The lowest BCUT2D eigenvalue weighted by molar-refractivity contribution is 0.395. The van der Waals surface area contributed by atoms with Crippen LogP contribution in [0, 0.1) is 6.92 Å². The molecule has 5 heteroatoms. The molecule has 5 nitrogen and oxygen atoms in total. The molecule has 0 radical (unpaired) electrons. The molecule has 0 saturated heterocycles. The van der Waals surface area contributed by atoms with Gasteiger partial charge in [-0.05, 0) is 42.1 Å². The number of aryl methyl sites for hydroxylation is 1. The maximum Gasteiger partial charge on any atom is 0.122 e. The molecule has 0 aliphatic carbocycles. The summed E-state index contributed by atoms with van der Waals surface area (Å²) in [6.45, 7) is 3.83. The molecule has 0 spiro atoms. The third kappa shape index (κ3) is 3.29. The Labute approximate surface area is 101 Å². The fraction of sp³-hybridized carbons (Fsp3) is 0.500. The number of rotatable bonds is 5. The lowest BCUT2D eigenvalue weighted by atomic mass is 10.0. The first-order valence-electron chi connectivity index (χ1n) is 5.38. The van der Waals surface area contributed by atoms with Crippen LogP contribution >= 0.6 is 0 Å². The quantitative estimate of drug-likeness (QED) is 0.446. The molecule has 0 aromatic heterocycles. The molecule has 0 aliphatic heterocycles. The van der Waals surface area contributed by atoms with E-state index in [0.29, 0.717) is 6.42 Å². The normalized spacial score (nSPS) is 11.5. The highest BCUT2D eigenvalue weighted by Crippen LogP contribution is 2.29. The number of benzene rings is 1. The van der Waals surface area contributed by atoms with Crippen LogP contribution in [0.2, 0.25) is 0 Å². The van der Waals surface area contributed by atoms with E-state index in [9.17, 15) is 0 Å². The zero-order chi connectivity index (χ0) is 12.8. The van der Waals surface area contributed by atoms with E-state index in [4.69, 9.17) is 15.0 Å². The smallest absolute Gasteiger partial charge is 0.122 e. The summed E-state index contributed by atoms with van der Waals surface area (Å²) in [5.74, 6) is 1.61. The molecule has 1 aromatic carbocycles. The van der Waals surface area contributed by atoms with Crippen molar-refractivity contribution in [2.24, 2.45) is 5.11 Å². The Hall–Kier alpha value is -1.87. The van der Waals surface area contributed by atoms with Gasteiger partial charge in [-0.3, -0.25) is 0 Å². The van der Waals surface area contributed by atoms with Crippen molar-refractivity contribution in [2.75, 3.05) is 14.2 Å². The maximum absolute atomic E-state index is 8.39. The van der Waals surface area contributed by atoms with Crippen molar-refractivity contribution in [3.05, 3.63) is 33.7 Å². The summed E-state index contributed by atoms with van der Waals surface area (Å²) < 4.78 is 10.6. The van der Waals surface area contributed by atoms with Gasteiger partial charge in [-0.15, -0.1) is 0 Å². The minimum absolute atomic E-state index is 0.110. The van der Waals surface area contributed by atoms with Crippen LogP contribution in [0.25, 0.3) is 10.4 Å². The second-order valence-electron chi connectivity index (χ2n) is 3.89. The highest BCUT2D eigenvalue weighted by molar-refractivity contribution is 5.46. The molecule has 1 aromatic rings. The van der Waals surface area contributed by atoms with Crippen LogP contribution in [0.5, 0.6) is 11.5 Å². The zero-order valence-electron chi connectivity index (χ0n) is 10.6. The maximum atomic E-state index is 8.39. The van der Waals surface area contributed by atoms with Gasteiger partial charge in [0.05, 0.1) is 14.2 Å². The molecule has 0 N–H and O–H groups in total. The van der Waals surface area contributed by atoms with Gasteiger partial charge in [0.1, 0.15) is 11.5 Å². The minimum Gasteiger partial charge on any atom is -0.496 e. The Bertz CT molecular complexity index is 440. The Kier molecular flexibility index (Phi) is 4.67. The van der Waals surface area contributed by atoms with Gasteiger partial charge in [-0.1, -0.05) is 12.0 Å². The average Bonchev–Trinajstić information content (AvgIpc) is 2.31. The van der Waals surface area contributed by atoms with E-state index in [1.165, 1.54) is 0 Å². The van der Waals surface area contributed by atoms with Gasteiger partial charge < -0.3 is 9.47 Å². The summed E-state index contributed by atoms with van der Waals surface area (Å²) in [6, 6.07) is 3.75. The van der Waals surface area contributed by atoms with Gasteiger partial charge in [-0.25, -0.2) is 0 Å². The van der Waals surface area contributed by atoms with Crippen molar-refractivity contribution in [3.63, 3.8) is 0 Å². The van der Waals surface area contributed by atoms with Crippen LogP contribution in [-0.2, 0) is 6.42 Å². The molecule has 0 saturated carbocycles. The van der Waals surface area contributed by atoms with Gasteiger partial charge in [0, 0.05) is 11.0 Å². The molecule has 0 aliphatic rings. The summed E-state index contributed by atoms with van der Waals surface area (Å²) in [6.07, 6.45) is 0.629. The number of methoxy groups -OCH3 is 2. The first kappa shape index (κ1) is 13.2. The molecular weight excluding hydrogens is 218 g/mol. The highest BCUT2D eigenvalue weighted by Gasteiger charge is 2.11. The lowest BCUT2D eigenvalue weighted by Gasteiger charge is -2.14. The van der Waals surface area contributed by atoms with Crippen LogP contribution in [0.3, 0.4) is 0 Å². The van der Waals surface area contributed by atoms with E-state index in [-0.39, 0.29) is 6.04 Å². The van der Waals surface area contributed by atoms with Gasteiger partial charge in [0.2, 0.25) is 0 Å². The fourth-order valence-corrected chi connectivity index (χ4v) is 1.72. The van der Waals surface area contributed by atoms with Crippen LogP contribution in [0.1, 0.15) is 18.1 Å². The first-order valence-corrected chi connectivity index (χ1v) is 5.38. The second kappa shape index (κ2) is 6.01.